The van der Waals surface area contributed by atoms with Crippen LogP contribution >= 0.6 is 0 Å². The zero-order valence-electron chi connectivity index (χ0n) is 8.73. The molecule has 1 atom stereocenters. The van der Waals surface area contributed by atoms with Crippen molar-refractivity contribution in [2.45, 2.75) is 26.3 Å². The van der Waals surface area contributed by atoms with Crippen LogP contribution in [-0.2, 0) is 19.1 Å². The first-order valence-electron chi connectivity index (χ1n) is 4.53. The van der Waals surface area contributed by atoms with Crippen molar-refractivity contribution in [3.63, 3.8) is 0 Å². The summed E-state index contributed by atoms with van der Waals surface area (Å²) in [6.07, 6.45) is 0.0845. The first kappa shape index (κ1) is 13.6. The van der Waals surface area contributed by atoms with E-state index in [0.29, 0.717) is 0 Å². The molecule has 0 aliphatic heterocycles. The van der Waals surface area contributed by atoms with Crippen LogP contribution in [0.1, 0.15) is 20.3 Å². The highest BCUT2D eigenvalue weighted by Gasteiger charge is 2.19. The first-order valence-corrected chi connectivity index (χ1v) is 4.53. The Morgan fingerprint density at radius 3 is 2.27 bits per heavy atom. The fourth-order valence-corrected chi connectivity index (χ4v) is 0.771. The number of carbonyl (C=O) groups is 3. The molecule has 6 heteroatoms. The molecular formula is C9H15NO5. The van der Waals surface area contributed by atoms with Crippen LogP contribution in [0.25, 0.3) is 0 Å². The number of carboxylic acid groups (broad SMARTS) is 1. The molecule has 6 nitrogen and oxygen atoms in total. The lowest BCUT2D eigenvalue weighted by Crippen LogP contribution is -2.36. The highest BCUT2D eigenvalue weighted by Crippen LogP contribution is 2.01. The first-order chi connectivity index (χ1) is 6.84. The summed E-state index contributed by atoms with van der Waals surface area (Å²) in [7, 11) is 0. The molecule has 0 aliphatic carbocycles. The van der Waals surface area contributed by atoms with Crippen LogP contribution in [0.4, 0.5) is 0 Å². The Balaban J connectivity index is 3.94. The largest absolute Gasteiger partial charge is 0.480 e. The number of hydrogen-bond acceptors (Lipinski definition) is 5. The lowest BCUT2D eigenvalue weighted by Gasteiger charge is -2.07. The van der Waals surface area contributed by atoms with Gasteiger partial charge in [0.25, 0.3) is 0 Å². The lowest BCUT2D eigenvalue weighted by atomic mass is 10.1. The molecule has 15 heavy (non-hydrogen) atoms. The number of Topliss-reactive ketones (excluding diaryl/α,β-unsaturated/α-hetero) is 1. The van der Waals surface area contributed by atoms with E-state index >= 15 is 0 Å². The summed E-state index contributed by atoms with van der Waals surface area (Å²) < 4.78 is 4.43. The van der Waals surface area contributed by atoms with Crippen LogP contribution in [0.15, 0.2) is 0 Å². The summed E-state index contributed by atoms with van der Waals surface area (Å²) in [6, 6.07) is -1.29. The third kappa shape index (κ3) is 5.79. The van der Waals surface area contributed by atoms with Crippen LogP contribution in [0.3, 0.4) is 0 Å². The normalized spacial score (nSPS) is 12.3. The topological polar surface area (TPSA) is 107 Å². The standard InChI is InChI=1S/C9H15NO5/c1-5(2)3-7(11)9(14)15-4-6(10)8(12)13/h5-6H,3-4,10H2,1-2H3,(H,12,13)/t6-/m0/s1. The Labute approximate surface area is 87.4 Å². The number of ether oxygens (including phenoxy) is 1. The maximum absolute atomic E-state index is 11.1. The second kappa shape index (κ2) is 6.13. The minimum absolute atomic E-state index is 0.0539. The van der Waals surface area contributed by atoms with Crippen molar-refractivity contribution in [1.29, 1.82) is 0 Å². The molecule has 0 bridgehead atoms. The van der Waals surface area contributed by atoms with Gasteiger partial charge in [-0.2, -0.15) is 0 Å². The van der Waals surface area contributed by atoms with E-state index in [1.165, 1.54) is 0 Å². The highest BCUT2D eigenvalue weighted by atomic mass is 16.5. The van der Waals surface area contributed by atoms with E-state index < -0.39 is 30.4 Å². The van der Waals surface area contributed by atoms with E-state index in [9.17, 15) is 14.4 Å². The molecule has 0 amide bonds. The predicted octanol–water partition coefficient (Wildman–Crippen LogP) is -0.443. The molecule has 0 aromatic rings. The van der Waals surface area contributed by atoms with Crippen LogP contribution < -0.4 is 5.73 Å². The van der Waals surface area contributed by atoms with Crippen molar-refractivity contribution >= 4 is 17.7 Å². The maximum atomic E-state index is 11.1. The van der Waals surface area contributed by atoms with Gasteiger partial charge in [0.1, 0.15) is 12.6 Å². The smallest absolute Gasteiger partial charge is 0.374 e. The highest BCUT2D eigenvalue weighted by molar-refractivity contribution is 6.33. The molecule has 0 aliphatic rings. The van der Waals surface area contributed by atoms with Gasteiger partial charge in [0.05, 0.1) is 0 Å². The molecule has 0 fully saturated rings. The molecule has 0 aromatic heterocycles. The number of aliphatic carboxylic acids is 1. The number of carboxylic acids is 1. The van der Waals surface area contributed by atoms with E-state index in [1.54, 1.807) is 13.8 Å². The van der Waals surface area contributed by atoms with E-state index in [2.05, 4.69) is 4.74 Å². The number of esters is 1. The lowest BCUT2D eigenvalue weighted by molar-refractivity contribution is -0.156. The van der Waals surface area contributed by atoms with Crippen LogP contribution in [0.5, 0.6) is 0 Å². The zero-order valence-corrected chi connectivity index (χ0v) is 8.73. The number of rotatable bonds is 6. The predicted molar refractivity (Wildman–Crippen MR) is 51.0 cm³/mol. The quantitative estimate of drug-likeness (QED) is 0.461. The summed E-state index contributed by atoms with van der Waals surface area (Å²) in [5.74, 6) is -2.92. The molecule has 0 unspecified atom stereocenters. The van der Waals surface area contributed by atoms with Crippen molar-refractivity contribution < 1.29 is 24.2 Å². The second-order valence-corrected chi connectivity index (χ2v) is 3.56. The van der Waals surface area contributed by atoms with Gasteiger partial charge in [-0.3, -0.25) is 9.59 Å². The number of ketones is 1. The van der Waals surface area contributed by atoms with Gasteiger partial charge in [0, 0.05) is 6.42 Å². The van der Waals surface area contributed by atoms with E-state index in [4.69, 9.17) is 10.8 Å². The summed E-state index contributed by atoms with van der Waals surface area (Å²) in [5.41, 5.74) is 5.08. The minimum Gasteiger partial charge on any atom is -0.480 e. The van der Waals surface area contributed by atoms with Crippen molar-refractivity contribution in [2.24, 2.45) is 11.7 Å². The molecule has 0 radical (unpaired) electrons. The van der Waals surface area contributed by atoms with Crippen LogP contribution in [0, 0.1) is 5.92 Å². The second-order valence-electron chi connectivity index (χ2n) is 3.56. The Hall–Kier alpha value is -1.43. The molecular weight excluding hydrogens is 202 g/mol. The van der Waals surface area contributed by atoms with Gasteiger partial charge >= 0.3 is 11.9 Å². The van der Waals surface area contributed by atoms with Gasteiger partial charge in [-0.15, -0.1) is 0 Å². The van der Waals surface area contributed by atoms with E-state index in [1.807, 2.05) is 0 Å². The molecule has 0 aromatic carbocycles. The molecule has 0 spiro atoms. The molecule has 0 saturated carbocycles. The van der Waals surface area contributed by atoms with Crippen molar-refractivity contribution in [1.82, 2.24) is 0 Å². The third-order valence-corrected chi connectivity index (χ3v) is 1.53. The minimum atomic E-state index is -1.29. The molecule has 0 heterocycles. The Bertz CT molecular complexity index is 261. The molecule has 0 saturated heterocycles. The average Bonchev–Trinajstić information content (AvgIpc) is 2.12. The monoisotopic (exact) mass is 217 g/mol. The van der Waals surface area contributed by atoms with Crippen LogP contribution in [0.2, 0.25) is 0 Å². The summed E-state index contributed by atoms with van der Waals surface area (Å²) in [4.78, 5) is 32.3. The Morgan fingerprint density at radius 1 is 1.33 bits per heavy atom. The zero-order chi connectivity index (χ0) is 12.0. The Kier molecular flexibility index (Phi) is 5.54. The van der Waals surface area contributed by atoms with Crippen molar-refractivity contribution in [3.8, 4) is 0 Å². The number of hydrogen-bond donors (Lipinski definition) is 2. The van der Waals surface area contributed by atoms with Crippen molar-refractivity contribution in [3.05, 3.63) is 0 Å². The average molecular weight is 217 g/mol. The number of carbonyl (C=O) groups excluding carboxylic acids is 2. The fraction of sp³-hybridized carbons (Fsp3) is 0.667. The maximum Gasteiger partial charge on any atom is 0.374 e. The molecule has 3 N–H and O–H groups in total. The SMILES string of the molecule is CC(C)CC(=O)C(=O)OC[C@H](N)C(=O)O. The summed E-state index contributed by atoms with van der Waals surface area (Å²) in [5, 5.41) is 8.38. The van der Waals surface area contributed by atoms with Gasteiger partial charge < -0.3 is 15.6 Å². The third-order valence-electron chi connectivity index (χ3n) is 1.53. The number of nitrogens with two attached hydrogens (primary N) is 1. The van der Waals surface area contributed by atoms with E-state index in [0.717, 1.165) is 0 Å². The summed E-state index contributed by atoms with van der Waals surface area (Å²) in [6.45, 7) is 3.08. The van der Waals surface area contributed by atoms with Gasteiger partial charge in [-0.05, 0) is 5.92 Å². The van der Waals surface area contributed by atoms with Crippen LogP contribution in [-0.4, -0.2) is 35.5 Å². The summed E-state index contributed by atoms with van der Waals surface area (Å²) >= 11 is 0. The molecule has 86 valence electrons. The van der Waals surface area contributed by atoms with Gasteiger partial charge in [0.15, 0.2) is 0 Å². The van der Waals surface area contributed by atoms with Gasteiger partial charge in [-0.25, -0.2) is 4.79 Å². The van der Waals surface area contributed by atoms with Crippen molar-refractivity contribution in [2.75, 3.05) is 6.61 Å². The molecule has 0 rings (SSSR count). The van der Waals surface area contributed by atoms with E-state index in [-0.39, 0.29) is 12.3 Å². The van der Waals surface area contributed by atoms with Gasteiger partial charge in [-0.1, -0.05) is 13.8 Å². The fourth-order valence-electron chi connectivity index (χ4n) is 0.771. The Morgan fingerprint density at radius 2 is 1.87 bits per heavy atom. The van der Waals surface area contributed by atoms with Gasteiger partial charge in [0.2, 0.25) is 5.78 Å².